The number of benzene rings is 2. The van der Waals surface area contributed by atoms with Gasteiger partial charge >= 0.3 is 6.18 Å². The molecule has 2 rings (SSSR count). The van der Waals surface area contributed by atoms with Gasteiger partial charge in [0.15, 0.2) is 11.5 Å². The van der Waals surface area contributed by atoms with E-state index in [2.05, 4.69) is 0 Å². The molecule has 0 aliphatic carbocycles. The molecule has 2 aromatic rings. The highest BCUT2D eigenvalue weighted by Gasteiger charge is 2.35. The lowest BCUT2D eigenvalue weighted by Gasteiger charge is -2.16. The molecule has 0 saturated carbocycles. The van der Waals surface area contributed by atoms with Crippen LogP contribution in [0, 0.1) is 11.3 Å². The molecule has 0 N–H and O–H groups in total. The smallest absolute Gasteiger partial charge is 0.420 e. The molecule has 124 valence electrons. The molecule has 4 nitrogen and oxygen atoms in total. The largest absolute Gasteiger partial charge is 0.490 e. The van der Waals surface area contributed by atoms with Crippen molar-refractivity contribution in [3.8, 4) is 23.3 Å². The van der Waals surface area contributed by atoms with Gasteiger partial charge < -0.3 is 9.47 Å². The fourth-order valence-electron chi connectivity index (χ4n) is 1.98. The number of ether oxygens (including phenoxy) is 2. The van der Waals surface area contributed by atoms with E-state index in [0.29, 0.717) is 11.8 Å². The molecular weight excluding hydrogens is 323 g/mol. The molecule has 0 aromatic heterocycles. The predicted molar refractivity (Wildman–Crippen MR) is 79.2 cm³/mol. The van der Waals surface area contributed by atoms with Crippen molar-refractivity contribution in [2.24, 2.45) is 0 Å². The van der Waals surface area contributed by atoms with Crippen molar-refractivity contribution in [2.45, 2.75) is 13.1 Å². The second-order valence-electron chi connectivity index (χ2n) is 4.68. The SMILES string of the molecule is CCOc1cc(C=O)ccc1Oc1ccc(C#N)cc1C(F)(F)F. The third-order valence-electron chi connectivity index (χ3n) is 3.04. The van der Waals surface area contributed by atoms with Gasteiger partial charge in [-0.2, -0.15) is 18.4 Å². The summed E-state index contributed by atoms with van der Waals surface area (Å²) in [6, 6.07) is 8.81. The Morgan fingerprint density at radius 3 is 2.42 bits per heavy atom. The van der Waals surface area contributed by atoms with E-state index in [1.807, 2.05) is 0 Å². The third kappa shape index (κ3) is 3.84. The fourth-order valence-corrected chi connectivity index (χ4v) is 1.98. The van der Waals surface area contributed by atoms with Crippen LogP contribution in [0.1, 0.15) is 28.4 Å². The molecule has 0 spiro atoms. The van der Waals surface area contributed by atoms with Crippen molar-refractivity contribution in [3.05, 3.63) is 53.1 Å². The zero-order valence-corrected chi connectivity index (χ0v) is 12.6. The van der Waals surface area contributed by atoms with Crippen LogP contribution in [0.25, 0.3) is 0 Å². The second-order valence-corrected chi connectivity index (χ2v) is 4.68. The Morgan fingerprint density at radius 1 is 1.12 bits per heavy atom. The molecule has 0 atom stereocenters. The Balaban J connectivity index is 2.48. The molecule has 0 saturated heterocycles. The topological polar surface area (TPSA) is 59.3 Å². The lowest BCUT2D eigenvalue weighted by atomic mass is 10.1. The van der Waals surface area contributed by atoms with Gasteiger partial charge in [-0.25, -0.2) is 0 Å². The summed E-state index contributed by atoms with van der Waals surface area (Å²) < 4.78 is 50.2. The number of carbonyl (C=O) groups is 1. The first-order valence-electron chi connectivity index (χ1n) is 6.90. The molecule has 7 heteroatoms. The summed E-state index contributed by atoms with van der Waals surface area (Å²) >= 11 is 0. The molecule has 0 aliphatic heterocycles. The normalized spacial score (nSPS) is 10.8. The monoisotopic (exact) mass is 335 g/mol. The molecule has 0 fully saturated rings. The maximum absolute atomic E-state index is 13.2. The van der Waals surface area contributed by atoms with Gasteiger partial charge in [0.05, 0.1) is 23.8 Å². The highest BCUT2D eigenvalue weighted by molar-refractivity contribution is 5.76. The molecule has 0 amide bonds. The van der Waals surface area contributed by atoms with E-state index in [9.17, 15) is 18.0 Å². The minimum atomic E-state index is -4.68. The number of carbonyl (C=O) groups excluding carboxylic acids is 1. The average Bonchev–Trinajstić information content (AvgIpc) is 2.56. The van der Waals surface area contributed by atoms with Crippen LogP contribution in [-0.2, 0) is 6.18 Å². The van der Waals surface area contributed by atoms with Crippen LogP contribution in [0.3, 0.4) is 0 Å². The summed E-state index contributed by atoms with van der Waals surface area (Å²) in [5, 5.41) is 8.77. The minimum Gasteiger partial charge on any atom is -0.490 e. The summed E-state index contributed by atoms with van der Waals surface area (Å²) in [5.41, 5.74) is -0.888. The van der Waals surface area contributed by atoms with Crippen LogP contribution < -0.4 is 9.47 Å². The number of alkyl halides is 3. The standard InChI is InChI=1S/C17H12F3NO3/c1-2-23-16-8-12(10-22)4-6-15(16)24-14-5-3-11(9-21)7-13(14)17(18,19)20/h3-8,10H,2H2,1H3. The molecule has 0 radical (unpaired) electrons. The van der Waals surface area contributed by atoms with Crippen molar-refractivity contribution in [1.29, 1.82) is 5.26 Å². The minimum absolute atomic E-state index is 0.0395. The van der Waals surface area contributed by atoms with E-state index in [0.717, 1.165) is 12.1 Å². The zero-order valence-electron chi connectivity index (χ0n) is 12.6. The van der Waals surface area contributed by atoms with Gasteiger partial charge in [0.25, 0.3) is 0 Å². The van der Waals surface area contributed by atoms with Crippen LogP contribution in [0.4, 0.5) is 13.2 Å². The van der Waals surface area contributed by atoms with Crippen molar-refractivity contribution < 1.29 is 27.4 Å². The summed E-state index contributed by atoms with van der Waals surface area (Å²) in [5.74, 6) is -0.265. The Kier molecular flexibility index (Phi) is 5.09. The third-order valence-corrected chi connectivity index (χ3v) is 3.04. The van der Waals surface area contributed by atoms with E-state index in [4.69, 9.17) is 14.7 Å². The first kappa shape index (κ1) is 17.3. The first-order valence-corrected chi connectivity index (χ1v) is 6.90. The number of aldehydes is 1. The lowest BCUT2D eigenvalue weighted by Crippen LogP contribution is -2.08. The van der Waals surface area contributed by atoms with Crippen molar-refractivity contribution in [3.63, 3.8) is 0 Å². The van der Waals surface area contributed by atoms with Crippen LogP contribution in [-0.4, -0.2) is 12.9 Å². The second kappa shape index (κ2) is 7.04. The van der Waals surface area contributed by atoms with E-state index in [-0.39, 0.29) is 23.7 Å². The van der Waals surface area contributed by atoms with Crippen LogP contribution in [0.5, 0.6) is 17.2 Å². The molecule has 0 aliphatic rings. The maximum atomic E-state index is 13.2. The molecule has 0 unspecified atom stereocenters. The lowest BCUT2D eigenvalue weighted by molar-refractivity contribution is -0.138. The summed E-state index contributed by atoms with van der Waals surface area (Å²) in [6.07, 6.45) is -4.09. The van der Waals surface area contributed by atoms with Gasteiger partial charge in [-0.1, -0.05) is 0 Å². The average molecular weight is 335 g/mol. The Hall–Kier alpha value is -3.01. The summed E-state index contributed by atoms with van der Waals surface area (Å²) in [7, 11) is 0. The first-order chi connectivity index (χ1) is 11.4. The Bertz CT molecular complexity index is 795. The predicted octanol–water partition coefficient (Wildman–Crippen LogP) is 4.58. The highest BCUT2D eigenvalue weighted by Crippen LogP contribution is 2.40. The fraction of sp³-hybridized carbons (Fsp3) is 0.176. The number of nitrogens with zero attached hydrogens (tertiary/aromatic N) is 1. The summed E-state index contributed by atoms with van der Waals surface area (Å²) in [6.45, 7) is 1.94. The molecule has 0 heterocycles. The molecular formula is C17H12F3NO3. The number of nitriles is 1. The Labute approximate surface area is 136 Å². The van der Waals surface area contributed by atoms with Gasteiger partial charge in [-0.05, 0) is 43.3 Å². The van der Waals surface area contributed by atoms with Crippen molar-refractivity contribution >= 4 is 6.29 Å². The molecule has 24 heavy (non-hydrogen) atoms. The highest BCUT2D eigenvalue weighted by atomic mass is 19.4. The van der Waals surface area contributed by atoms with E-state index in [1.165, 1.54) is 24.3 Å². The number of hydrogen-bond donors (Lipinski definition) is 0. The number of hydrogen-bond acceptors (Lipinski definition) is 4. The number of rotatable bonds is 5. The summed E-state index contributed by atoms with van der Waals surface area (Å²) in [4.78, 5) is 10.8. The molecule has 2 aromatic carbocycles. The van der Waals surface area contributed by atoms with Gasteiger partial charge in [-0.15, -0.1) is 0 Å². The van der Waals surface area contributed by atoms with Crippen LogP contribution in [0.2, 0.25) is 0 Å². The van der Waals surface area contributed by atoms with Crippen molar-refractivity contribution in [2.75, 3.05) is 6.61 Å². The maximum Gasteiger partial charge on any atom is 0.420 e. The van der Waals surface area contributed by atoms with Gasteiger partial charge in [0, 0.05) is 5.56 Å². The Morgan fingerprint density at radius 2 is 1.83 bits per heavy atom. The van der Waals surface area contributed by atoms with Gasteiger partial charge in [0.2, 0.25) is 0 Å². The van der Waals surface area contributed by atoms with Crippen molar-refractivity contribution in [1.82, 2.24) is 0 Å². The van der Waals surface area contributed by atoms with Gasteiger partial charge in [-0.3, -0.25) is 4.79 Å². The van der Waals surface area contributed by atoms with Crippen LogP contribution >= 0.6 is 0 Å². The van der Waals surface area contributed by atoms with E-state index < -0.39 is 17.5 Å². The quantitative estimate of drug-likeness (QED) is 0.750. The zero-order chi connectivity index (χ0) is 17.7. The van der Waals surface area contributed by atoms with Crippen LogP contribution in [0.15, 0.2) is 36.4 Å². The van der Waals surface area contributed by atoms with E-state index >= 15 is 0 Å². The van der Waals surface area contributed by atoms with E-state index in [1.54, 1.807) is 13.0 Å². The number of halogens is 3. The van der Waals surface area contributed by atoms with Gasteiger partial charge in [0.1, 0.15) is 12.0 Å². The molecule has 0 bridgehead atoms.